The Morgan fingerprint density at radius 3 is 2.70 bits per heavy atom. The largest absolute Gasteiger partial charge is 0.376 e. The van der Waals surface area contributed by atoms with Crippen molar-refractivity contribution in [2.45, 2.75) is 46.2 Å². The molecule has 0 aliphatic carbocycles. The van der Waals surface area contributed by atoms with Crippen molar-refractivity contribution < 1.29 is 14.2 Å². The molecule has 0 amide bonds. The second-order valence-corrected chi connectivity index (χ2v) is 6.25. The lowest BCUT2D eigenvalue weighted by Gasteiger charge is -2.42. The van der Waals surface area contributed by atoms with Gasteiger partial charge >= 0.3 is 0 Å². The molecule has 20 heavy (non-hydrogen) atoms. The molecule has 0 aromatic heterocycles. The SMILES string of the molecule is C[C@@H](COCc1ccccc1)[C@H]1OC(C)(C)OC[C@@H]1C. The molecule has 1 aliphatic rings. The molecule has 3 heteroatoms. The molecule has 1 aromatic rings. The number of benzene rings is 1. The Morgan fingerprint density at radius 2 is 2.00 bits per heavy atom. The molecule has 0 spiro atoms. The van der Waals surface area contributed by atoms with Gasteiger partial charge in [0, 0.05) is 11.8 Å². The van der Waals surface area contributed by atoms with Crippen LogP contribution in [-0.2, 0) is 20.8 Å². The minimum absolute atomic E-state index is 0.189. The van der Waals surface area contributed by atoms with Crippen molar-refractivity contribution in [3.63, 3.8) is 0 Å². The molecular formula is C17H26O3. The normalized spacial score (nSPS) is 27.2. The van der Waals surface area contributed by atoms with Crippen LogP contribution in [0.2, 0.25) is 0 Å². The molecule has 3 nitrogen and oxygen atoms in total. The van der Waals surface area contributed by atoms with Crippen LogP contribution >= 0.6 is 0 Å². The summed E-state index contributed by atoms with van der Waals surface area (Å²) in [7, 11) is 0. The van der Waals surface area contributed by atoms with Crippen LogP contribution in [0.4, 0.5) is 0 Å². The van der Waals surface area contributed by atoms with E-state index in [2.05, 4.69) is 26.0 Å². The molecule has 1 aliphatic heterocycles. The van der Waals surface area contributed by atoms with E-state index in [0.717, 1.165) is 6.61 Å². The van der Waals surface area contributed by atoms with Crippen molar-refractivity contribution in [1.82, 2.24) is 0 Å². The molecule has 0 saturated carbocycles. The topological polar surface area (TPSA) is 27.7 Å². The van der Waals surface area contributed by atoms with Gasteiger partial charge in [-0.3, -0.25) is 0 Å². The zero-order valence-electron chi connectivity index (χ0n) is 13.0. The highest BCUT2D eigenvalue weighted by molar-refractivity contribution is 5.13. The van der Waals surface area contributed by atoms with Gasteiger partial charge in [0.05, 0.1) is 25.9 Å². The summed E-state index contributed by atoms with van der Waals surface area (Å²) in [4.78, 5) is 0. The predicted molar refractivity (Wildman–Crippen MR) is 79.3 cm³/mol. The van der Waals surface area contributed by atoms with Gasteiger partial charge in [-0.2, -0.15) is 0 Å². The maximum Gasteiger partial charge on any atom is 0.163 e. The van der Waals surface area contributed by atoms with Gasteiger partial charge in [0.15, 0.2) is 5.79 Å². The number of rotatable bonds is 5. The summed E-state index contributed by atoms with van der Waals surface area (Å²) in [5.41, 5.74) is 1.21. The van der Waals surface area contributed by atoms with Gasteiger partial charge in [-0.05, 0) is 19.4 Å². The molecule has 112 valence electrons. The Kier molecular flexibility index (Phi) is 5.19. The molecule has 1 aromatic carbocycles. The Bertz CT molecular complexity index is 402. The van der Waals surface area contributed by atoms with Gasteiger partial charge in [0.1, 0.15) is 0 Å². The minimum atomic E-state index is -0.481. The van der Waals surface area contributed by atoms with Crippen LogP contribution in [0.1, 0.15) is 33.3 Å². The maximum atomic E-state index is 6.05. The highest BCUT2D eigenvalue weighted by atomic mass is 16.7. The fraction of sp³-hybridized carbons (Fsp3) is 0.647. The summed E-state index contributed by atoms with van der Waals surface area (Å²) in [6.07, 6.45) is 0.189. The quantitative estimate of drug-likeness (QED) is 0.823. The lowest BCUT2D eigenvalue weighted by Crippen LogP contribution is -2.48. The summed E-state index contributed by atoms with van der Waals surface area (Å²) in [6.45, 7) is 10.4. The van der Waals surface area contributed by atoms with Crippen molar-refractivity contribution in [3.05, 3.63) is 35.9 Å². The summed E-state index contributed by atoms with van der Waals surface area (Å²) in [5.74, 6) is 0.278. The molecule has 0 unspecified atom stereocenters. The number of ether oxygens (including phenoxy) is 3. The van der Waals surface area contributed by atoms with E-state index in [1.165, 1.54) is 5.56 Å². The van der Waals surface area contributed by atoms with Crippen LogP contribution < -0.4 is 0 Å². The third-order valence-electron chi connectivity index (χ3n) is 3.73. The summed E-state index contributed by atoms with van der Waals surface area (Å²) in [6, 6.07) is 10.3. The van der Waals surface area contributed by atoms with Crippen molar-refractivity contribution in [3.8, 4) is 0 Å². The third kappa shape index (κ3) is 4.30. The van der Waals surface area contributed by atoms with Crippen molar-refractivity contribution in [1.29, 1.82) is 0 Å². The molecule has 1 saturated heterocycles. The van der Waals surface area contributed by atoms with Crippen LogP contribution in [0, 0.1) is 11.8 Å². The van der Waals surface area contributed by atoms with Crippen LogP contribution in [0.5, 0.6) is 0 Å². The second-order valence-electron chi connectivity index (χ2n) is 6.25. The molecule has 0 bridgehead atoms. The van der Waals surface area contributed by atoms with Crippen LogP contribution in [0.25, 0.3) is 0 Å². The van der Waals surface area contributed by atoms with Gasteiger partial charge in [-0.1, -0.05) is 44.2 Å². The van der Waals surface area contributed by atoms with E-state index in [1.54, 1.807) is 0 Å². The summed E-state index contributed by atoms with van der Waals surface area (Å²) < 4.78 is 17.5. The Balaban J connectivity index is 1.80. The standard InChI is InChI=1S/C17H26O3/c1-13(10-18-12-15-8-6-5-7-9-15)16-14(2)11-19-17(3,4)20-16/h5-9,13-14,16H,10-12H2,1-4H3/t13-,14-,16+/m0/s1. The van der Waals surface area contributed by atoms with E-state index in [0.29, 0.717) is 25.0 Å². The van der Waals surface area contributed by atoms with Crippen LogP contribution in [0.3, 0.4) is 0 Å². The smallest absolute Gasteiger partial charge is 0.163 e. The first-order chi connectivity index (χ1) is 9.48. The number of hydrogen-bond acceptors (Lipinski definition) is 3. The Hall–Kier alpha value is -0.900. The van der Waals surface area contributed by atoms with Crippen LogP contribution in [-0.4, -0.2) is 25.1 Å². The number of hydrogen-bond donors (Lipinski definition) is 0. The third-order valence-corrected chi connectivity index (χ3v) is 3.73. The molecule has 1 fully saturated rings. The second kappa shape index (κ2) is 6.70. The van der Waals surface area contributed by atoms with Crippen molar-refractivity contribution in [2.24, 2.45) is 11.8 Å². The molecule has 1 heterocycles. The Labute approximate surface area is 122 Å². The lowest BCUT2D eigenvalue weighted by atomic mass is 9.93. The maximum absolute atomic E-state index is 6.05. The van der Waals surface area contributed by atoms with E-state index < -0.39 is 5.79 Å². The molecular weight excluding hydrogens is 252 g/mol. The van der Waals surface area contributed by atoms with Gasteiger partial charge in [-0.15, -0.1) is 0 Å². The van der Waals surface area contributed by atoms with Crippen LogP contribution in [0.15, 0.2) is 30.3 Å². The van der Waals surface area contributed by atoms with Gasteiger partial charge < -0.3 is 14.2 Å². The van der Waals surface area contributed by atoms with E-state index in [4.69, 9.17) is 14.2 Å². The van der Waals surface area contributed by atoms with Crippen molar-refractivity contribution in [2.75, 3.05) is 13.2 Å². The molecule has 0 N–H and O–H groups in total. The first-order valence-electron chi connectivity index (χ1n) is 7.41. The van der Waals surface area contributed by atoms with E-state index in [1.807, 2.05) is 32.0 Å². The average molecular weight is 278 g/mol. The first kappa shape index (κ1) is 15.5. The molecule has 2 rings (SSSR count). The van der Waals surface area contributed by atoms with Crippen molar-refractivity contribution >= 4 is 0 Å². The fourth-order valence-electron chi connectivity index (χ4n) is 2.61. The van der Waals surface area contributed by atoms with E-state index in [-0.39, 0.29) is 6.10 Å². The lowest BCUT2D eigenvalue weighted by molar-refractivity contribution is -0.301. The summed E-state index contributed by atoms with van der Waals surface area (Å²) in [5, 5.41) is 0. The average Bonchev–Trinajstić information content (AvgIpc) is 2.42. The van der Waals surface area contributed by atoms with E-state index >= 15 is 0 Å². The monoisotopic (exact) mass is 278 g/mol. The first-order valence-corrected chi connectivity index (χ1v) is 7.41. The zero-order valence-corrected chi connectivity index (χ0v) is 13.0. The highest BCUT2D eigenvalue weighted by Gasteiger charge is 2.37. The van der Waals surface area contributed by atoms with Gasteiger partial charge in [-0.25, -0.2) is 0 Å². The zero-order chi connectivity index (χ0) is 14.6. The van der Waals surface area contributed by atoms with Gasteiger partial charge in [0.2, 0.25) is 0 Å². The minimum Gasteiger partial charge on any atom is -0.376 e. The highest BCUT2D eigenvalue weighted by Crippen LogP contribution is 2.30. The summed E-state index contributed by atoms with van der Waals surface area (Å²) >= 11 is 0. The predicted octanol–water partition coefficient (Wildman–Crippen LogP) is 3.63. The van der Waals surface area contributed by atoms with E-state index in [9.17, 15) is 0 Å². The Morgan fingerprint density at radius 1 is 1.30 bits per heavy atom. The fourth-order valence-corrected chi connectivity index (χ4v) is 2.61. The molecule has 0 radical (unpaired) electrons. The van der Waals surface area contributed by atoms with Gasteiger partial charge in [0.25, 0.3) is 0 Å². The molecule has 3 atom stereocenters.